The lowest BCUT2D eigenvalue weighted by Gasteiger charge is -2.08. The molecule has 0 bridgehead atoms. The van der Waals surface area contributed by atoms with Crippen molar-refractivity contribution in [2.75, 3.05) is 13.2 Å². The maximum Gasteiger partial charge on any atom is 0.190 e. The fourth-order valence-electron chi connectivity index (χ4n) is 0.959. The third kappa shape index (κ3) is 4.38. The molecule has 0 spiro atoms. The Labute approximate surface area is 79.0 Å². The molecular formula is C10H16N2O. The largest absolute Gasteiger partial charge is 0.479 e. The van der Waals surface area contributed by atoms with Gasteiger partial charge in [0.1, 0.15) is 0 Å². The van der Waals surface area contributed by atoms with E-state index < -0.39 is 0 Å². The summed E-state index contributed by atoms with van der Waals surface area (Å²) < 4.78 is 5.46. The molecule has 0 aliphatic carbocycles. The first kappa shape index (κ1) is 9.86. The molecule has 72 valence electrons. The Balaban J connectivity index is 2.17. The van der Waals surface area contributed by atoms with Gasteiger partial charge in [-0.3, -0.25) is 0 Å². The lowest BCUT2D eigenvalue weighted by molar-refractivity contribution is 0.193. The number of allylic oxidation sites excluding steroid dienone is 4. The third-order valence-corrected chi connectivity index (χ3v) is 1.65. The van der Waals surface area contributed by atoms with E-state index >= 15 is 0 Å². The van der Waals surface area contributed by atoms with E-state index in [-0.39, 0.29) is 0 Å². The summed E-state index contributed by atoms with van der Waals surface area (Å²) in [5.74, 6) is 0.794. The normalized spacial score (nSPS) is 14.7. The topological polar surface area (TPSA) is 47.3 Å². The van der Waals surface area contributed by atoms with Crippen molar-refractivity contribution < 1.29 is 4.74 Å². The van der Waals surface area contributed by atoms with Crippen molar-refractivity contribution in [2.45, 2.75) is 12.8 Å². The van der Waals surface area contributed by atoms with Gasteiger partial charge in [-0.2, -0.15) is 0 Å². The molecule has 0 aromatic rings. The summed E-state index contributed by atoms with van der Waals surface area (Å²) in [5.41, 5.74) is 5.36. The second-order valence-electron chi connectivity index (χ2n) is 2.76. The number of rotatable bonds is 5. The lowest BCUT2D eigenvalue weighted by Crippen LogP contribution is -2.09. The zero-order valence-corrected chi connectivity index (χ0v) is 7.70. The summed E-state index contributed by atoms with van der Waals surface area (Å²) in [6.07, 6.45) is 11.6. The van der Waals surface area contributed by atoms with Gasteiger partial charge in [0.2, 0.25) is 0 Å². The van der Waals surface area contributed by atoms with Crippen LogP contribution in [0.15, 0.2) is 36.4 Å². The predicted molar refractivity (Wildman–Crippen MR) is 53.7 cm³/mol. The Bertz CT molecular complexity index is 219. The highest BCUT2D eigenvalue weighted by atomic mass is 16.5. The first-order valence-corrected chi connectivity index (χ1v) is 4.56. The van der Waals surface area contributed by atoms with Crippen LogP contribution in [0.3, 0.4) is 0 Å². The number of ether oxygens (including phenoxy) is 1. The van der Waals surface area contributed by atoms with Crippen LogP contribution in [0.2, 0.25) is 0 Å². The standard InChI is InChI=1S/C10H16N2O/c11-7-3-5-9-13-10-6-2-1-4-8-12-10/h1-2,4,6,8,12H,3,5,7,9,11H2. The monoisotopic (exact) mass is 180 g/mol. The van der Waals surface area contributed by atoms with E-state index in [0.29, 0.717) is 0 Å². The first-order chi connectivity index (χ1) is 6.43. The summed E-state index contributed by atoms with van der Waals surface area (Å²) in [5, 5.41) is 3.02. The molecule has 0 atom stereocenters. The molecule has 3 nitrogen and oxygen atoms in total. The lowest BCUT2D eigenvalue weighted by atomic mass is 10.3. The van der Waals surface area contributed by atoms with E-state index in [0.717, 1.165) is 31.9 Å². The van der Waals surface area contributed by atoms with Gasteiger partial charge < -0.3 is 15.8 Å². The summed E-state index contributed by atoms with van der Waals surface area (Å²) in [6, 6.07) is 0. The van der Waals surface area contributed by atoms with Crippen LogP contribution in [0.25, 0.3) is 0 Å². The van der Waals surface area contributed by atoms with E-state index in [2.05, 4.69) is 5.32 Å². The van der Waals surface area contributed by atoms with E-state index in [1.165, 1.54) is 0 Å². The molecule has 1 heterocycles. The highest BCUT2D eigenvalue weighted by Gasteiger charge is 1.94. The minimum atomic E-state index is 0.720. The van der Waals surface area contributed by atoms with E-state index in [1.54, 1.807) is 0 Å². The number of nitrogens with one attached hydrogen (secondary N) is 1. The van der Waals surface area contributed by atoms with Crippen LogP contribution in [0.4, 0.5) is 0 Å². The van der Waals surface area contributed by atoms with Crippen LogP contribution in [0.5, 0.6) is 0 Å². The minimum absolute atomic E-state index is 0.720. The van der Waals surface area contributed by atoms with Crippen molar-refractivity contribution in [2.24, 2.45) is 5.73 Å². The summed E-state index contributed by atoms with van der Waals surface area (Å²) in [4.78, 5) is 0. The fourth-order valence-corrected chi connectivity index (χ4v) is 0.959. The molecule has 3 heteroatoms. The van der Waals surface area contributed by atoms with Crippen LogP contribution in [0, 0.1) is 0 Å². The molecule has 1 aliphatic rings. The van der Waals surface area contributed by atoms with Gasteiger partial charge in [0.15, 0.2) is 5.88 Å². The molecule has 0 fully saturated rings. The van der Waals surface area contributed by atoms with Crippen LogP contribution in [0.1, 0.15) is 12.8 Å². The average molecular weight is 180 g/mol. The number of nitrogens with two attached hydrogens (primary N) is 1. The average Bonchev–Trinajstić information content (AvgIpc) is 2.41. The van der Waals surface area contributed by atoms with Crippen molar-refractivity contribution in [1.29, 1.82) is 0 Å². The molecule has 1 rings (SSSR count). The zero-order valence-electron chi connectivity index (χ0n) is 7.70. The molecular weight excluding hydrogens is 164 g/mol. The molecule has 1 aliphatic heterocycles. The zero-order chi connectivity index (χ0) is 9.36. The van der Waals surface area contributed by atoms with Gasteiger partial charge in [0.25, 0.3) is 0 Å². The summed E-state index contributed by atoms with van der Waals surface area (Å²) in [7, 11) is 0. The van der Waals surface area contributed by atoms with Gasteiger partial charge in [-0.15, -0.1) is 0 Å². The Hall–Kier alpha value is -1.22. The summed E-state index contributed by atoms with van der Waals surface area (Å²) >= 11 is 0. The van der Waals surface area contributed by atoms with Crippen LogP contribution < -0.4 is 11.1 Å². The van der Waals surface area contributed by atoms with Crippen LogP contribution >= 0.6 is 0 Å². The number of hydrogen-bond donors (Lipinski definition) is 2. The van der Waals surface area contributed by atoms with E-state index in [4.69, 9.17) is 10.5 Å². The Kier molecular flexibility index (Phi) is 4.79. The Morgan fingerprint density at radius 1 is 1.23 bits per heavy atom. The van der Waals surface area contributed by atoms with Crippen molar-refractivity contribution in [3.8, 4) is 0 Å². The molecule has 0 saturated carbocycles. The second-order valence-corrected chi connectivity index (χ2v) is 2.76. The van der Waals surface area contributed by atoms with Gasteiger partial charge in [-0.25, -0.2) is 0 Å². The Morgan fingerprint density at radius 3 is 3.00 bits per heavy atom. The van der Waals surface area contributed by atoms with Gasteiger partial charge >= 0.3 is 0 Å². The quantitative estimate of drug-likeness (QED) is 0.626. The van der Waals surface area contributed by atoms with Crippen molar-refractivity contribution in [3.05, 3.63) is 36.4 Å². The Morgan fingerprint density at radius 2 is 2.15 bits per heavy atom. The van der Waals surface area contributed by atoms with Crippen LogP contribution in [-0.2, 0) is 4.74 Å². The van der Waals surface area contributed by atoms with Crippen molar-refractivity contribution in [3.63, 3.8) is 0 Å². The number of unbranched alkanes of at least 4 members (excludes halogenated alkanes) is 1. The molecule has 0 aromatic heterocycles. The summed E-state index contributed by atoms with van der Waals surface area (Å²) in [6.45, 7) is 1.45. The highest BCUT2D eigenvalue weighted by Crippen LogP contribution is 1.99. The molecule has 0 aromatic carbocycles. The maximum absolute atomic E-state index is 5.46. The van der Waals surface area contributed by atoms with Crippen molar-refractivity contribution in [1.82, 2.24) is 5.32 Å². The van der Waals surface area contributed by atoms with Gasteiger partial charge in [-0.05, 0) is 31.5 Å². The second kappa shape index (κ2) is 6.31. The third-order valence-electron chi connectivity index (χ3n) is 1.65. The van der Waals surface area contributed by atoms with Gasteiger partial charge in [-0.1, -0.05) is 12.2 Å². The minimum Gasteiger partial charge on any atom is -0.479 e. The predicted octanol–water partition coefficient (Wildman–Crippen LogP) is 1.26. The smallest absolute Gasteiger partial charge is 0.190 e. The fraction of sp³-hybridized carbons (Fsp3) is 0.400. The van der Waals surface area contributed by atoms with Crippen LogP contribution in [-0.4, -0.2) is 13.2 Å². The number of hydrogen-bond acceptors (Lipinski definition) is 3. The van der Waals surface area contributed by atoms with Crippen molar-refractivity contribution >= 4 is 0 Å². The maximum atomic E-state index is 5.46. The molecule has 0 radical (unpaired) electrons. The first-order valence-electron chi connectivity index (χ1n) is 4.56. The van der Waals surface area contributed by atoms with E-state index in [1.807, 2.05) is 30.5 Å². The molecule has 0 unspecified atom stereocenters. The molecule has 0 amide bonds. The molecule has 3 N–H and O–H groups in total. The molecule has 13 heavy (non-hydrogen) atoms. The molecule has 0 saturated heterocycles. The highest BCUT2D eigenvalue weighted by molar-refractivity contribution is 5.17. The SMILES string of the molecule is NCCCCOC1=CC=CC=CN1. The van der Waals surface area contributed by atoms with Gasteiger partial charge in [0, 0.05) is 6.20 Å². The van der Waals surface area contributed by atoms with E-state index in [9.17, 15) is 0 Å². The van der Waals surface area contributed by atoms with Gasteiger partial charge in [0.05, 0.1) is 6.61 Å².